The van der Waals surface area contributed by atoms with Crippen molar-refractivity contribution < 1.29 is 26.6 Å². The first kappa shape index (κ1) is 27.0. The van der Waals surface area contributed by atoms with E-state index in [9.17, 15) is 8.42 Å². The van der Waals surface area contributed by atoms with E-state index in [4.69, 9.17) is 9.29 Å². The van der Waals surface area contributed by atoms with Crippen LogP contribution >= 0.6 is 0 Å². The van der Waals surface area contributed by atoms with E-state index in [2.05, 4.69) is 15.8 Å². The molecule has 154 valence electrons. The summed E-state index contributed by atoms with van der Waals surface area (Å²) < 4.78 is 42.3. The highest BCUT2D eigenvalue weighted by Crippen LogP contribution is 2.10. The van der Waals surface area contributed by atoms with Crippen molar-refractivity contribution in [2.45, 2.75) is 85.0 Å². The molecule has 0 aliphatic carbocycles. The summed E-state index contributed by atoms with van der Waals surface area (Å²) >= 11 is 0. The van der Waals surface area contributed by atoms with E-state index in [0.29, 0.717) is 6.42 Å². The van der Waals surface area contributed by atoms with E-state index >= 15 is 0 Å². The number of ether oxygens (including phenoxy) is 2. The van der Waals surface area contributed by atoms with Crippen molar-refractivity contribution in [3.05, 3.63) is 0 Å². The minimum Gasteiger partial charge on any atom is -0.382 e. The lowest BCUT2D eigenvalue weighted by molar-refractivity contribution is 0.162. The first-order valence-corrected chi connectivity index (χ1v) is 11.1. The van der Waals surface area contributed by atoms with Gasteiger partial charge in [-0.25, -0.2) is 4.18 Å². The molecule has 0 aromatic rings. The molecule has 7 heteroatoms. The van der Waals surface area contributed by atoms with Gasteiger partial charge in [0.25, 0.3) is 0 Å². The van der Waals surface area contributed by atoms with Gasteiger partial charge in [-0.15, -0.1) is 0 Å². The second-order valence-corrected chi connectivity index (χ2v) is 6.92. The fourth-order valence-corrected chi connectivity index (χ4v) is 2.29. The topological polar surface area (TPSA) is 85.4 Å². The Morgan fingerprint density at radius 1 is 0.800 bits per heavy atom. The van der Waals surface area contributed by atoms with Crippen LogP contribution in [0.3, 0.4) is 0 Å². The molecule has 0 amide bonds. The van der Waals surface area contributed by atoms with Crippen molar-refractivity contribution in [3.8, 4) is 0 Å². The van der Waals surface area contributed by atoms with Gasteiger partial charge < -0.3 is 9.47 Å². The van der Waals surface area contributed by atoms with Crippen LogP contribution in [0.25, 0.3) is 0 Å². The Morgan fingerprint density at radius 2 is 1.20 bits per heavy atom. The Hall–Kier alpha value is -0.210. The van der Waals surface area contributed by atoms with E-state index in [1.54, 1.807) is 0 Å². The average molecular weight is 385 g/mol. The van der Waals surface area contributed by atoms with Gasteiger partial charge in [0.15, 0.2) is 0 Å². The van der Waals surface area contributed by atoms with E-state index in [1.165, 1.54) is 44.9 Å². The number of rotatable bonds is 14. The summed E-state index contributed by atoms with van der Waals surface area (Å²) in [5.41, 5.74) is 0. The molecule has 6 nitrogen and oxygen atoms in total. The maximum absolute atomic E-state index is 10.2. The maximum Gasteiger partial charge on any atom is 0.397 e. The highest BCUT2D eigenvalue weighted by Gasteiger charge is 2.02. The summed E-state index contributed by atoms with van der Waals surface area (Å²) in [5.74, 6) is 0. The predicted octanol–water partition coefficient (Wildman–Crippen LogP) is 4.79. The van der Waals surface area contributed by atoms with Crippen LogP contribution in [0.5, 0.6) is 0 Å². The van der Waals surface area contributed by atoms with E-state index in [1.807, 2.05) is 13.8 Å². The van der Waals surface area contributed by atoms with Crippen molar-refractivity contribution in [3.63, 3.8) is 0 Å². The Balaban J connectivity index is 0. The van der Waals surface area contributed by atoms with Gasteiger partial charge in [0.2, 0.25) is 0 Å². The maximum atomic E-state index is 10.2. The standard InChI is InChI=1S/C12H26O4S.C4H10O.C2H4O/c1-2-3-4-5-6-7-8-9-10-11-12-16-17(13,14)15;1-3-5-4-2;1-2-3-1/h2-12H2,1H3,(H,13,14,15);3-4H2,1-2H3;1-2H2. The second kappa shape index (κ2) is 21.8. The SMILES string of the molecule is C1CO1.CCCCCCCCCCCCOS(=O)(=O)O.CCOCC. The third-order valence-corrected chi connectivity index (χ3v) is 3.81. The van der Waals surface area contributed by atoms with Crippen LogP contribution in [0, 0.1) is 0 Å². The van der Waals surface area contributed by atoms with Gasteiger partial charge in [-0.1, -0.05) is 64.7 Å². The molecule has 25 heavy (non-hydrogen) atoms. The zero-order chi connectivity index (χ0) is 19.2. The summed E-state index contributed by atoms with van der Waals surface area (Å²) in [7, 11) is -4.23. The Labute approximate surface area is 155 Å². The van der Waals surface area contributed by atoms with Crippen molar-refractivity contribution >= 4 is 10.4 Å². The van der Waals surface area contributed by atoms with Crippen LogP contribution in [0.2, 0.25) is 0 Å². The average Bonchev–Trinajstić information content (AvgIpc) is 3.42. The molecular formula is C18H40O6S. The van der Waals surface area contributed by atoms with Crippen molar-refractivity contribution in [1.29, 1.82) is 0 Å². The van der Waals surface area contributed by atoms with E-state index < -0.39 is 10.4 Å². The van der Waals surface area contributed by atoms with Gasteiger partial charge in [0, 0.05) is 13.2 Å². The molecule has 0 radical (unpaired) electrons. The molecule has 0 bridgehead atoms. The molecule has 1 heterocycles. The Bertz CT molecular complexity index is 326. The molecule has 0 aromatic carbocycles. The van der Waals surface area contributed by atoms with Crippen molar-refractivity contribution in [1.82, 2.24) is 0 Å². The molecule has 0 spiro atoms. The Morgan fingerprint density at radius 3 is 1.48 bits per heavy atom. The summed E-state index contributed by atoms with van der Waals surface area (Å²) in [5, 5.41) is 0. The van der Waals surface area contributed by atoms with E-state index in [-0.39, 0.29) is 6.61 Å². The first-order chi connectivity index (χ1) is 12.0. The van der Waals surface area contributed by atoms with Gasteiger partial charge in [-0.3, -0.25) is 4.55 Å². The molecule has 1 aliphatic heterocycles. The van der Waals surface area contributed by atoms with Crippen molar-refractivity contribution in [2.24, 2.45) is 0 Å². The lowest BCUT2D eigenvalue weighted by Crippen LogP contribution is -2.04. The molecule has 0 atom stereocenters. The minimum absolute atomic E-state index is 0.0926. The number of epoxide rings is 1. The predicted molar refractivity (Wildman–Crippen MR) is 102 cm³/mol. The fraction of sp³-hybridized carbons (Fsp3) is 1.00. The van der Waals surface area contributed by atoms with Gasteiger partial charge in [-0.2, -0.15) is 8.42 Å². The Kier molecular flexibility index (Phi) is 23.6. The quantitative estimate of drug-likeness (QED) is 0.263. The monoisotopic (exact) mass is 384 g/mol. The van der Waals surface area contributed by atoms with Gasteiger partial charge in [0.05, 0.1) is 19.8 Å². The summed E-state index contributed by atoms with van der Waals surface area (Å²) in [4.78, 5) is 0. The fourth-order valence-electron chi connectivity index (χ4n) is 1.96. The van der Waals surface area contributed by atoms with Gasteiger partial charge in [-0.05, 0) is 20.3 Å². The third-order valence-electron chi connectivity index (χ3n) is 3.34. The lowest BCUT2D eigenvalue weighted by atomic mass is 10.1. The summed E-state index contributed by atoms with van der Waals surface area (Å²) in [6.07, 6.45) is 11.9. The highest BCUT2D eigenvalue weighted by molar-refractivity contribution is 7.80. The molecule has 1 aliphatic rings. The van der Waals surface area contributed by atoms with Crippen LogP contribution in [-0.2, 0) is 24.1 Å². The molecule has 0 unspecified atom stereocenters. The van der Waals surface area contributed by atoms with Gasteiger partial charge >= 0.3 is 10.4 Å². The zero-order valence-corrected chi connectivity index (χ0v) is 17.3. The van der Waals surface area contributed by atoms with Crippen LogP contribution in [0.4, 0.5) is 0 Å². The molecule has 1 rings (SSSR count). The van der Waals surface area contributed by atoms with Crippen LogP contribution in [0.15, 0.2) is 0 Å². The smallest absolute Gasteiger partial charge is 0.382 e. The zero-order valence-electron chi connectivity index (χ0n) is 16.5. The number of hydrogen-bond acceptors (Lipinski definition) is 5. The third kappa shape index (κ3) is 40.1. The molecular weight excluding hydrogens is 344 g/mol. The van der Waals surface area contributed by atoms with Crippen molar-refractivity contribution in [2.75, 3.05) is 33.0 Å². The highest BCUT2D eigenvalue weighted by atomic mass is 32.3. The van der Waals surface area contributed by atoms with Gasteiger partial charge in [0.1, 0.15) is 0 Å². The minimum atomic E-state index is -4.23. The molecule has 0 saturated carbocycles. The molecule has 1 N–H and O–H groups in total. The molecule has 0 aromatic heterocycles. The van der Waals surface area contributed by atoms with Crippen LogP contribution in [-0.4, -0.2) is 46.0 Å². The summed E-state index contributed by atoms with van der Waals surface area (Å²) in [6, 6.07) is 0. The summed E-state index contributed by atoms with van der Waals surface area (Å²) in [6.45, 7) is 9.98. The lowest BCUT2D eigenvalue weighted by Gasteiger charge is -2.02. The van der Waals surface area contributed by atoms with E-state index in [0.717, 1.165) is 39.3 Å². The molecule has 1 saturated heterocycles. The largest absolute Gasteiger partial charge is 0.397 e. The first-order valence-electron chi connectivity index (χ1n) is 9.75. The number of hydrogen-bond donors (Lipinski definition) is 1. The molecule has 1 fully saturated rings. The van der Waals surface area contributed by atoms with Crippen LogP contribution < -0.4 is 0 Å². The normalized spacial score (nSPS) is 12.6. The van der Waals surface area contributed by atoms with Crippen LogP contribution in [0.1, 0.15) is 85.0 Å². The number of unbranched alkanes of at least 4 members (excludes halogenated alkanes) is 9. The second-order valence-electron chi connectivity index (χ2n) is 5.83.